The molecule has 0 unspecified atom stereocenters. The Balaban J connectivity index is 2.02. The van der Waals surface area contributed by atoms with Gasteiger partial charge in [-0.05, 0) is 25.8 Å². The summed E-state index contributed by atoms with van der Waals surface area (Å²) < 4.78 is 6.65. The lowest BCUT2D eigenvalue weighted by molar-refractivity contribution is 0.0708. The van der Waals surface area contributed by atoms with E-state index in [0.29, 0.717) is 0 Å². The highest BCUT2D eigenvalue weighted by Gasteiger charge is 2.24. The number of aromatic nitrogens is 2. The van der Waals surface area contributed by atoms with Gasteiger partial charge in [0.05, 0.1) is 12.1 Å². The largest absolute Gasteiger partial charge is 0.376 e. The number of hydrogen-bond acceptors (Lipinski definition) is 4. The summed E-state index contributed by atoms with van der Waals surface area (Å²) in [6.45, 7) is 2.67. The SMILES string of the molecule is C[C@@H](NC(=O)c1ccc(=O)n(C)n1)[C@H]1CCCO1. The Kier molecular flexibility index (Phi) is 3.76. The predicted octanol–water partition coefficient (Wildman–Crippen LogP) is 0.0776. The monoisotopic (exact) mass is 251 g/mol. The van der Waals surface area contributed by atoms with Gasteiger partial charge in [-0.1, -0.05) is 0 Å². The molecule has 1 fully saturated rings. The Morgan fingerprint density at radius 1 is 1.61 bits per heavy atom. The quantitative estimate of drug-likeness (QED) is 0.825. The average Bonchev–Trinajstić information content (AvgIpc) is 2.86. The van der Waals surface area contributed by atoms with Gasteiger partial charge in [-0.2, -0.15) is 5.10 Å². The number of nitrogens with one attached hydrogen (secondary N) is 1. The fraction of sp³-hybridized carbons (Fsp3) is 0.583. The first-order valence-electron chi connectivity index (χ1n) is 6.05. The van der Waals surface area contributed by atoms with E-state index in [9.17, 15) is 9.59 Å². The van der Waals surface area contributed by atoms with Gasteiger partial charge in [-0.3, -0.25) is 9.59 Å². The molecular weight excluding hydrogens is 234 g/mol. The van der Waals surface area contributed by atoms with Crippen molar-refractivity contribution in [3.63, 3.8) is 0 Å². The molecule has 0 radical (unpaired) electrons. The van der Waals surface area contributed by atoms with E-state index in [1.807, 2.05) is 6.92 Å². The van der Waals surface area contributed by atoms with Crippen LogP contribution in [0.5, 0.6) is 0 Å². The van der Waals surface area contributed by atoms with Gasteiger partial charge in [-0.15, -0.1) is 0 Å². The number of amides is 1. The summed E-state index contributed by atoms with van der Waals surface area (Å²) in [7, 11) is 1.52. The van der Waals surface area contributed by atoms with Crippen molar-refractivity contribution in [1.82, 2.24) is 15.1 Å². The zero-order valence-electron chi connectivity index (χ0n) is 10.5. The zero-order chi connectivity index (χ0) is 13.1. The van der Waals surface area contributed by atoms with Crippen molar-refractivity contribution in [2.45, 2.75) is 31.9 Å². The van der Waals surface area contributed by atoms with Gasteiger partial charge in [0.25, 0.3) is 11.5 Å². The molecular formula is C12H17N3O3. The standard InChI is InChI=1S/C12H17N3O3/c1-8(10-4-3-7-18-10)13-12(17)9-5-6-11(16)15(2)14-9/h5-6,8,10H,3-4,7H2,1-2H3,(H,13,17)/t8-,10-/m1/s1. The molecule has 2 rings (SSSR count). The molecule has 0 bridgehead atoms. The Morgan fingerprint density at radius 2 is 2.39 bits per heavy atom. The Bertz CT molecular complexity index is 492. The predicted molar refractivity (Wildman–Crippen MR) is 65.4 cm³/mol. The van der Waals surface area contributed by atoms with E-state index in [1.165, 1.54) is 19.2 Å². The van der Waals surface area contributed by atoms with Crippen molar-refractivity contribution >= 4 is 5.91 Å². The molecule has 98 valence electrons. The summed E-state index contributed by atoms with van der Waals surface area (Å²) in [6.07, 6.45) is 2.06. The number of aryl methyl sites for hydroxylation is 1. The number of ether oxygens (including phenoxy) is 1. The Labute approximate surface area is 105 Å². The van der Waals surface area contributed by atoms with Crippen LogP contribution in [0.25, 0.3) is 0 Å². The molecule has 1 aromatic heterocycles. The minimum Gasteiger partial charge on any atom is -0.376 e. The molecule has 1 saturated heterocycles. The molecule has 1 aliphatic heterocycles. The molecule has 6 heteroatoms. The Hall–Kier alpha value is -1.69. The van der Waals surface area contributed by atoms with E-state index in [2.05, 4.69) is 10.4 Å². The molecule has 1 aliphatic rings. The number of rotatable bonds is 3. The maximum absolute atomic E-state index is 11.9. The molecule has 1 amide bonds. The maximum Gasteiger partial charge on any atom is 0.272 e. The normalized spacial score (nSPS) is 20.7. The minimum atomic E-state index is -0.284. The van der Waals surface area contributed by atoms with Gasteiger partial charge in [-0.25, -0.2) is 4.68 Å². The summed E-state index contributed by atoms with van der Waals surface area (Å²) in [6, 6.07) is 2.71. The van der Waals surface area contributed by atoms with Crippen LogP contribution in [-0.4, -0.2) is 34.4 Å². The molecule has 2 atom stereocenters. The van der Waals surface area contributed by atoms with Crippen LogP contribution >= 0.6 is 0 Å². The summed E-state index contributed by atoms with van der Waals surface area (Å²) >= 11 is 0. The first-order chi connectivity index (χ1) is 8.58. The highest BCUT2D eigenvalue weighted by atomic mass is 16.5. The summed E-state index contributed by atoms with van der Waals surface area (Å²) in [5.74, 6) is -0.284. The first-order valence-corrected chi connectivity index (χ1v) is 6.05. The van der Waals surface area contributed by atoms with Crippen molar-refractivity contribution in [1.29, 1.82) is 0 Å². The molecule has 0 aliphatic carbocycles. The smallest absolute Gasteiger partial charge is 0.272 e. The number of carbonyl (C=O) groups excluding carboxylic acids is 1. The fourth-order valence-corrected chi connectivity index (χ4v) is 1.99. The van der Waals surface area contributed by atoms with Crippen LogP contribution in [0.15, 0.2) is 16.9 Å². The maximum atomic E-state index is 11.9. The third-order valence-electron chi connectivity index (χ3n) is 3.07. The van der Waals surface area contributed by atoms with Crippen molar-refractivity contribution < 1.29 is 9.53 Å². The minimum absolute atomic E-state index is 0.0564. The summed E-state index contributed by atoms with van der Waals surface area (Å²) in [5, 5.41) is 6.75. The lowest BCUT2D eigenvalue weighted by atomic mass is 10.1. The number of hydrogen-bond donors (Lipinski definition) is 1. The molecule has 0 saturated carbocycles. The van der Waals surface area contributed by atoms with Crippen LogP contribution in [0.4, 0.5) is 0 Å². The van der Waals surface area contributed by atoms with Crippen LogP contribution in [-0.2, 0) is 11.8 Å². The molecule has 1 N–H and O–H groups in total. The number of carbonyl (C=O) groups is 1. The molecule has 1 aromatic rings. The van der Waals surface area contributed by atoms with Crippen LogP contribution in [0.3, 0.4) is 0 Å². The van der Waals surface area contributed by atoms with Crippen molar-refractivity contribution in [2.75, 3.05) is 6.61 Å². The highest BCUT2D eigenvalue weighted by molar-refractivity contribution is 5.92. The van der Waals surface area contributed by atoms with Gasteiger partial charge >= 0.3 is 0 Å². The van der Waals surface area contributed by atoms with E-state index in [-0.39, 0.29) is 29.3 Å². The van der Waals surface area contributed by atoms with Gasteiger partial charge in [0, 0.05) is 19.7 Å². The summed E-state index contributed by atoms with van der Waals surface area (Å²) in [5.41, 5.74) is 0.000622. The fourth-order valence-electron chi connectivity index (χ4n) is 1.99. The molecule has 0 spiro atoms. The third-order valence-corrected chi connectivity index (χ3v) is 3.07. The zero-order valence-corrected chi connectivity index (χ0v) is 10.5. The van der Waals surface area contributed by atoms with Gasteiger partial charge in [0.15, 0.2) is 0 Å². The summed E-state index contributed by atoms with van der Waals surface area (Å²) in [4.78, 5) is 23.1. The van der Waals surface area contributed by atoms with Crippen molar-refractivity contribution in [2.24, 2.45) is 7.05 Å². The van der Waals surface area contributed by atoms with Crippen molar-refractivity contribution in [3.05, 3.63) is 28.2 Å². The number of nitrogens with zero attached hydrogens (tertiary/aromatic N) is 2. The molecule has 2 heterocycles. The second-order valence-electron chi connectivity index (χ2n) is 4.49. The van der Waals surface area contributed by atoms with Crippen molar-refractivity contribution in [3.8, 4) is 0 Å². The molecule has 6 nitrogen and oxygen atoms in total. The first kappa shape index (κ1) is 12.8. The highest BCUT2D eigenvalue weighted by Crippen LogP contribution is 2.15. The van der Waals surface area contributed by atoms with Crippen LogP contribution < -0.4 is 10.9 Å². The topological polar surface area (TPSA) is 73.2 Å². The van der Waals surface area contributed by atoms with E-state index < -0.39 is 0 Å². The average molecular weight is 251 g/mol. The Morgan fingerprint density at radius 3 is 3.00 bits per heavy atom. The van der Waals surface area contributed by atoms with E-state index in [1.54, 1.807) is 0 Å². The van der Waals surface area contributed by atoms with Gasteiger partial charge in [0.2, 0.25) is 0 Å². The van der Waals surface area contributed by atoms with E-state index in [4.69, 9.17) is 4.74 Å². The lowest BCUT2D eigenvalue weighted by Gasteiger charge is -2.19. The second kappa shape index (κ2) is 5.30. The second-order valence-corrected chi connectivity index (χ2v) is 4.49. The van der Waals surface area contributed by atoms with Gasteiger partial charge in [0.1, 0.15) is 5.69 Å². The van der Waals surface area contributed by atoms with Crippen LogP contribution in [0.1, 0.15) is 30.3 Å². The lowest BCUT2D eigenvalue weighted by Crippen LogP contribution is -2.41. The van der Waals surface area contributed by atoms with Crippen LogP contribution in [0, 0.1) is 0 Å². The molecule has 0 aromatic carbocycles. The van der Waals surface area contributed by atoms with E-state index in [0.717, 1.165) is 24.1 Å². The third kappa shape index (κ3) is 2.76. The van der Waals surface area contributed by atoms with Gasteiger partial charge < -0.3 is 10.1 Å². The molecule has 18 heavy (non-hydrogen) atoms. The van der Waals surface area contributed by atoms with E-state index >= 15 is 0 Å². The van der Waals surface area contributed by atoms with Crippen LogP contribution in [0.2, 0.25) is 0 Å².